The van der Waals surface area contributed by atoms with Crippen molar-refractivity contribution in [3.8, 4) is 0 Å². The number of hydrogen-bond acceptors (Lipinski definition) is 3. The molecule has 2 N–H and O–H groups in total. The lowest BCUT2D eigenvalue weighted by Crippen LogP contribution is -2.53. The van der Waals surface area contributed by atoms with Gasteiger partial charge in [-0.15, -0.1) is 0 Å². The second-order valence-corrected chi connectivity index (χ2v) is 6.74. The van der Waals surface area contributed by atoms with Gasteiger partial charge in [0.05, 0.1) is 12.0 Å². The van der Waals surface area contributed by atoms with E-state index < -0.39 is 0 Å². The van der Waals surface area contributed by atoms with E-state index in [1.165, 1.54) is 0 Å². The van der Waals surface area contributed by atoms with Crippen LogP contribution >= 0.6 is 0 Å². The summed E-state index contributed by atoms with van der Waals surface area (Å²) in [6, 6.07) is 0.109. The molecule has 0 aromatic rings. The first-order valence-electron chi connectivity index (χ1n) is 9.05. The molecule has 3 unspecified atom stereocenters. The van der Waals surface area contributed by atoms with E-state index in [0.717, 1.165) is 51.7 Å². The van der Waals surface area contributed by atoms with Crippen LogP contribution in [0.15, 0.2) is 0 Å². The van der Waals surface area contributed by atoms with Crippen LogP contribution < -0.4 is 10.6 Å². The summed E-state index contributed by atoms with van der Waals surface area (Å²) in [4.78, 5) is 26.5. The summed E-state index contributed by atoms with van der Waals surface area (Å²) in [5.74, 6) is -0.00110. The van der Waals surface area contributed by atoms with Crippen LogP contribution in [0.3, 0.4) is 0 Å². The van der Waals surface area contributed by atoms with E-state index in [4.69, 9.17) is 4.74 Å². The summed E-state index contributed by atoms with van der Waals surface area (Å²) in [5.41, 5.74) is 0. The van der Waals surface area contributed by atoms with Gasteiger partial charge in [0.15, 0.2) is 0 Å². The molecule has 2 fully saturated rings. The normalized spacial score (nSPS) is 27.7. The average Bonchev–Trinajstić information content (AvgIpc) is 3.06. The number of amides is 3. The van der Waals surface area contributed by atoms with Gasteiger partial charge in [0.1, 0.15) is 0 Å². The third kappa shape index (κ3) is 5.37. The molecule has 2 aliphatic rings. The molecule has 0 spiro atoms. The minimum absolute atomic E-state index is 0.0703. The average molecular weight is 325 g/mol. The van der Waals surface area contributed by atoms with Crippen molar-refractivity contribution in [2.24, 2.45) is 5.92 Å². The fourth-order valence-electron chi connectivity index (χ4n) is 3.24. The molecule has 3 atom stereocenters. The fourth-order valence-corrected chi connectivity index (χ4v) is 3.24. The first kappa shape index (κ1) is 18.0. The van der Waals surface area contributed by atoms with Crippen molar-refractivity contribution in [1.29, 1.82) is 0 Å². The third-order valence-electron chi connectivity index (χ3n) is 4.85. The van der Waals surface area contributed by atoms with E-state index in [1.807, 2.05) is 4.90 Å². The molecule has 0 bridgehead atoms. The highest BCUT2D eigenvalue weighted by atomic mass is 16.5. The number of unbranched alkanes of at least 4 members (excludes halogenated alkanes) is 1. The Kier molecular flexibility index (Phi) is 7.15. The number of rotatable bonds is 6. The van der Waals surface area contributed by atoms with Crippen LogP contribution in [0.25, 0.3) is 0 Å². The summed E-state index contributed by atoms with van der Waals surface area (Å²) in [6.45, 7) is 6.75. The molecule has 0 radical (unpaired) electrons. The minimum atomic E-state index is -0.0865. The number of hydrogen-bond donors (Lipinski definition) is 2. The molecule has 2 aliphatic heterocycles. The van der Waals surface area contributed by atoms with Crippen molar-refractivity contribution >= 4 is 11.9 Å². The van der Waals surface area contributed by atoms with Gasteiger partial charge in [-0.1, -0.05) is 13.3 Å². The lowest BCUT2D eigenvalue weighted by atomic mass is 9.93. The molecule has 132 valence electrons. The fraction of sp³-hybridized carbons (Fsp3) is 0.882. The maximum atomic E-state index is 12.4. The highest BCUT2D eigenvalue weighted by molar-refractivity contribution is 5.81. The second kappa shape index (κ2) is 9.11. The van der Waals surface area contributed by atoms with Crippen molar-refractivity contribution in [3.63, 3.8) is 0 Å². The van der Waals surface area contributed by atoms with Gasteiger partial charge in [-0.3, -0.25) is 4.79 Å². The van der Waals surface area contributed by atoms with E-state index in [9.17, 15) is 9.59 Å². The Morgan fingerprint density at radius 3 is 2.74 bits per heavy atom. The largest absolute Gasteiger partial charge is 0.376 e. The van der Waals surface area contributed by atoms with Crippen LogP contribution in [-0.4, -0.2) is 55.2 Å². The van der Waals surface area contributed by atoms with Crippen molar-refractivity contribution in [2.75, 3.05) is 26.2 Å². The quantitative estimate of drug-likeness (QED) is 0.733. The first-order valence-corrected chi connectivity index (χ1v) is 9.05. The number of urea groups is 1. The number of nitrogens with one attached hydrogen (secondary N) is 2. The lowest BCUT2D eigenvalue weighted by Gasteiger charge is -2.37. The van der Waals surface area contributed by atoms with Gasteiger partial charge >= 0.3 is 6.03 Å². The van der Waals surface area contributed by atoms with Gasteiger partial charge in [0, 0.05) is 32.3 Å². The van der Waals surface area contributed by atoms with Gasteiger partial charge in [0.25, 0.3) is 0 Å². The minimum Gasteiger partial charge on any atom is -0.376 e. The highest BCUT2D eigenvalue weighted by Crippen LogP contribution is 2.22. The monoisotopic (exact) mass is 325 g/mol. The van der Waals surface area contributed by atoms with Crippen LogP contribution in [0, 0.1) is 5.92 Å². The number of piperidine rings is 1. The zero-order valence-electron chi connectivity index (χ0n) is 14.5. The van der Waals surface area contributed by atoms with E-state index in [-0.39, 0.29) is 30.0 Å². The Bertz CT molecular complexity index is 397. The van der Waals surface area contributed by atoms with Crippen LogP contribution in [0.4, 0.5) is 4.79 Å². The summed E-state index contributed by atoms with van der Waals surface area (Å²) in [6.07, 6.45) is 6.03. The van der Waals surface area contributed by atoms with Crippen molar-refractivity contribution in [2.45, 2.75) is 64.5 Å². The Balaban J connectivity index is 1.79. The Morgan fingerprint density at radius 1 is 1.22 bits per heavy atom. The summed E-state index contributed by atoms with van der Waals surface area (Å²) in [5, 5.41) is 5.95. The van der Waals surface area contributed by atoms with Crippen LogP contribution in [0.5, 0.6) is 0 Å². The van der Waals surface area contributed by atoms with Crippen molar-refractivity contribution in [3.05, 3.63) is 0 Å². The van der Waals surface area contributed by atoms with Crippen molar-refractivity contribution < 1.29 is 14.3 Å². The predicted octanol–water partition coefficient (Wildman–Crippen LogP) is 1.89. The molecule has 3 amide bonds. The predicted molar refractivity (Wildman–Crippen MR) is 89.2 cm³/mol. The lowest BCUT2D eigenvalue weighted by molar-refractivity contribution is -0.126. The van der Waals surface area contributed by atoms with E-state index in [0.29, 0.717) is 13.1 Å². The Labute approximate surface area is 139 Å². The SMILES string of the molecule is CCCCNC(=O)C1CCC(C)N(C(=O)NCC2CCCO2)C1. The third-order valence-corrected chi connectivity index (χ3v) is 4.85. The molecule has 2 heterocycles. The molecule has 6 nitrogen and oxygen atoms in total. The molecular formula is C17H31N3O3. The molecule has 0 saturated carbocycles. The topological polar surface area (TPSA) is 70.7 Å². The number of nitrogens with zero attached hydrogens (tertiary/aromatic N) is 1. The van der Waals surface area contributed by atoms with Gasteiger partial charge in [0.2, 0.25) is 5.91 Å². The molecular weight excluding hydrogens is 294 g/mol. The van der Waals surface area contributed by atoms with Crippen molar-refractivity contribution in [1.82, 2.24) is 15.5 Å². The second-order valence-electron chi connectivity index (χ2n) is 6.74. The van der Waals surface area contributed by atoms with E-state index >= 15 is 0 Å². The number of ether oxygens (including phenoxy) is 1. The Morgan fingerprint density at radius 2 is 2.04 bits per heavy atom. The van der Waals surface area contributed by atoms with Crippen LogP contribution in [-0.2, 0) is 9.53 Å². The smallest absolute Gasteiger partial charge is 0.317 e. The van der Waals surface area contributed by atoms with Gasteiger partial charge in [-0.25, -0.2) is 4.79 Å². The van der Waals surface area contributed by atoms with Gasteiger partial charge < -0.3 is 20.3 Å². The van der Waals surface area contributed by atoms with E-state index in [1.54, 1.807) is 0 Å². The summed E-state index contributed by atoms with van der Waals surface area (Å²) < 4.78 is 5.53. The molecule has 2 saturated heterocycles. The van der Waals surface area contributed by atoms with Crippen LogP contribution in [0.1, 0.15) is 52.4 Å². The van der Waals surface area contributed by atoms with Gasteiger partial charge in [-0.05, 0) is 39.0 Å². The molecule has 0 aromatic carbocycles. The zero-order valence-corrected chi connectivity index (χ0v) is 14.5. The molecule has 0 aliphatic carbocycles. The van der Waals surface area contributed by atoms with Crippen LogP contribution in [0.2, 0.25) is 0 Å². The summed E-state index contributed by atoms with van der Waals surface area (Å²) >= 11 is 0. The first-order chi connectivity index (χ1) is 11.1. The summed E-state index contributed by atoms with van der Waals surface area (Å²) in [7, 11) is 0. The highest BCUT2D eigenvalue weighted by Gasteiger charge is 2.32. The standard InChI is InChI=1S/C17H31N3O3/c1-3-4-9-18-16(21)14-8-7-13(2)20(12-14)17(22)19-11-15-6-5-10-23-15/h13-15H,3-12H2,1-2H3,(H,18,21)(H,19,22). The number of carbonyl (C=O) groups excluding carboxylic acids is 2. The number of likely N-dealkylation sites (tertiary alicyclic amines) is 1. The van der Waals surface area contributed by atoms with Gasteiger partial charge in [-0.2, -0.15) is 0 Å². The zero-order chi connectivity index (χ0) is 16.7. The molecule has 6 heteroatoms. The molecule has 2 rings (SSSR count). The Hall–Kier alpha value is -1.30. The molecule has 0 aromatic heterocycles. The number of carbonyl (C=O) groups is 2. The maximum absolute atomic E-state index is 12.4. The maximum Gasteiger partial charge on any atom is 0.317 e. The van der Waals surface area contributed by atoms with E-state index in [2.05, 4.69) is 24.5 Å². The molecule has 23 heavy (non-hydrogen) atoms.